The molecular weight excluding hydrogens is 370 g/mol. The lowest BCUT2D eigenvalue weighted by Gasteiger charge is -2.27. The fourth-order valence-electron chi connectivity index (χ4n) is 3.42. The van der Waals surface area contributed by atoms with Gasteiger partial charge in [0, 0.05) is 36.8 Å². The van der Waals surface area contributed by atoms with Gasteiger partial charge in [0.15, 0.2) is 5.96 Å². The number of thiophene rings is 1. The molecule has 28 heavy (non-hydrogen) atoms. The number of hydrogen-bond acceptors (Lipinski definition) is 5. The highest BCUT2D eigenvalue weighted by Gasteiger charge is 2.24. The summed E-state index contributed by atoms with van der Waals surface area (Å²) >= 11 is 1.83. The Bertz CT molecular complexity index is 728. The zero-order valence-electron chi connectivity index (χ0n) is 16.9. The first-order valence-corrected chi connectivity index (χ1v) is 11.0. The fourth-order valence-corrected chi connectivity index (χ4v) is 4.28. The van der Waals surface area contributed by atoms with Crippen LogP contribution in [0.5, 0.6) is 5.88 Å². The quantitative estimate of drug-likeness (QED) is 0.498. The van der Waals surface area contributed by atoms with Gasteiger partial charge in [0.2, 0.25) is 5.88 Å². The van der Waals surface area contributed by atoms with E-state index in [2.05, 4.69) is 49.9 Å². The number of aromatic nitrogens is 1. The second-order valence-electron chi connectivity index (χ2n) is 6.90. The fraction of sp³-hybridized carbons (Fsp3) is 0.524. The topological polar surface area (TPSA) is 61.8 Å². The Hall–Kier alpha value is -2.12. The van der Waals surface area contributed by atoms with Crippen LogP contribution in [0.3, 0.4) is 0 Å². The highest BCUT2D eigenvalue weighted by molar-refractivity contribution is 7.10. The first-order valence-electron chi connectivity index (χ1n) is 10.1. The lowest BCUT2D eigenvalue weighted by Crippen LogP contribution is -2.42. The van der Waals surface area contributed by atoms with Crippen molar-refractivity contribution in [2.75, 3.05) is 33.3 Å². The lowest BCUT2D eigenvalue weighted by molar-refractivity contribution is 0.249. The van der Waals surface area contributed by atoms with Crippen LogP contribution in [0.2, 0.25) is 0 Å². The zero-order chi connectivity index (χ0) is 19.6. The predicted octanol–water partition coefficient (Wildman–Crippen LogP) is 3.43. The maximum absolute atomic E-state index is 5.75. The summed E-state index contributed by atoms with van der Waals surface area (Å²) < 4.78 is 5.75. The first kappa shape index (κ1) is 20.6. The van der Waals surface area contributed by atoms with E-state index in [1.165, 1.54) is 30.8 Å². The van der Waals surface area contributed by atoms with E-state index in [9.17, 15) is 0 Å². The molecule has 0 aliphatic carbocycles. The number of likely N-dealkylation sites (tertiary alicyclic amines) is 1. The Morgan fingerprint density at radius 3 is 2.86 bits per heavy atom. The Morgan fingerprint density at radius 1 is 1.29 bits per heavy atom. The maximum Gasteiger partial charge on any atom is 0.218 e. The number of nitrogens with one attached hydrogen (secondary N) is 2. The number of ether oxygens (including phenoxy) is 1. The minimum Gasteiger partial charge on any atom is -0.477 e. The molecule has 6 nitrogen and oxygen atoms in total. The van der Waals surface area contributed by atoms with Crippen LogP contribution in [-0.2, 0) is 6.54 Å². The first-order chi connectivity index (χ1) is 13.8. The Labute approximate surface area is 172 Å². The number of aliphatic imine (C=N–C) groups is 1. The molecule has 1 aliphatic rings. The highest BCUT2D eigenvalue weighted by atomic mass is 32.1. The normalized spacial score (nSPS) is 16.1. The van der Waals surface area contributed by atoms with Crippen LogP contribution in [0.4, 0.5) is 0 Å². The lowest BCUT2D eigenvalue weighted by atomic mass is 10.2. The zero-order valence-corrected chi connectivity index (χ0v) is 17.7. The Morgan fingerprint density at radius 2 is 2.14 bits per heavy atom. The summed E-state index contributed by atoms with van der Waals surface area (Å²) in [6, 6.07) is 8.74. The monoisotopic (exact) mass is 401 g/mol. The van der Waals surface area contributed by atoms with E-state index in [1.54, 1.807) is 6.20 Å². The molecule has 1 saturated heterocycles. The molecule has 3 rings (SSSR count). The van der Waals surface area contributed by atoms with E-state index in [1.807, 2.05) is 30.5 Å². The molecule has 0 amide bonds. The summed E-state index contributed by atoms with van der Waals surface area (Å²) in [7, 11) is 1.81. The highest BCUT2D eigenvalue weighted by Crippen LogP contribution is 2.27. The molecule has 1 aliphatic heterocycles. The number of hydrogen-bond donors (Lipinski definition) is 2. The number of pyridine rings is 1. The summed E-state index contributed by atoms with van der Waals surface area (Å²) in [6.07, 6.45) is 5.31. The van der Waals surface area contributed by atoms with Crippen molar-refractivity contribution < 1.29 is 4.74 Å². The Balaban J connectivity index is 1.57. The van der Waals surface area contributed by atoms with Gasteiger partial charge in [0.05, 0.1) is 12.6 Å². The van der Waals surface area contributed by atoms with E-state index in [0.717, 1.165) is 24.5 Å². The molecule has 0 aromatic carbocycles. The average molecular weight is 402 g/mol. The van der Waals surface area contributed by atoms with Crippen molar-refractivity contribution in [2.24, 2.45) is 4.99 Å². The van der Waals surface area contributed by atoms with Gasteiger partial charge < -0.3 is 15.4 Å². The van der Waals surface area contributed by atoms with Crippen LogP contribution >= 0.6 is 11.3 Å². The van der Waals surface area contributed by atoms with E-state index < -0.39 is 0 Å². The third-order valence-electron chi connectivity index (χ3n) is 4.88. The van der Waals surface area contributed by atoms with Crippen molar-refractivity contribution in [1.82, 2.24) is 20.5 Å². The number of guanidine groups is 1. The molecule has 7 heteroatoms. The smallest absolute Gasteiger partial charge is 0.218 e. The van der Waals surface area contributed by atoms with Crippen LogP contribution in [-0.4, -0.2) is 49.1 Å². The van der Waals surface area contributed by atoms with Crippen molar-refractivity contribution in [3.8, 4) is 5.88 Å². The molecular formula is C21H31N5OS. The minimum atomic E-state index is 0.392. The van der Waals surface area contributed by atoms with E-state index in [-0.39, 0.29) is 0 Å². The van der Waals surface area contributed by atoms with Gasteiger partial charge in [-0.15, -0.1) is 11.3 Å². The molecule has 152 valence electrons. The molecule has 0 saturated carbocycles. The standard InChI is InChI=1S/C21H31N5OS/c1-3-13-27-20-17(8-6-10-23-20)15-24-21(22-2)25-16-18(19-9-7-14-28-19)26-11-4-5-12-26/h6-10,14,18H,3-5,11-13,15-16H2,1-2H3,(H2,22,24,25). The SMILES string of the molecule is CCCOc1ncccc1CNC(=NC)NCC(c1cccs1)N1CCCC1. The average Bonchev–Trinajstić information content (AvgIpc) is 3.44. The minimum absolute atomic E-state index is 0.392. The van der Waals surface area contributed by atoms with E-state index in [0.29, 0.717) is 25.1 Å². The Kier molecular flexibility index (Phi) is 8.11. The van der Waals surface area contributed by atoms with Gasteiger partial charge in [-0.05, 0) is 49.9 Å². The molecule has 0 bridgehead atoms. The van der Waals surface area contributed by atoms with Crippen LogP contribution in [0, 0.1) is 0 Å². The summed E-state index contributed by atoms with van der Waals surface area (Å²) in [5, 5.41) is 9.07. The van der Waals surface area contributed by atoms with Crippen molar-refractivity contribution in [3.05, 3.63) is 46.3 Å². The van der Waals surface area contributed by atoms with Crippen molar-refractivity contribution >= 4 is 17.3 Å². The molecule has 2 aromatic heterocycles. The number of rotatable bonds is 9. The second kappa shape index (κ2) is 11.0. The summed E-state index contributed by atoms with van der Waals surface area (Å²) in [6.45, 7) is 6.58. The van der Waals surface area contributed by atoms with Gasteiger partial charge in [-0.1, -0.05) is 19.1 Å². The van der Waals surface area contributed by atoms with Crippen LogP contribution in [0.1, 0.15) is 42.7 Å². The molecule has 3 heterocycles. The van der Waals surface area contributed by atoms with Crippen LogP contribution in [0.25, 0.3) is 0 Å². The molecule has 2 aromatic rings. The van der Waals surface area contributed by atoms with Gasteiger partial charge in [-0.2, -0.15) is 0 Å². The van der Waals surface area contributed by atoms with Crippen molar-refractivity contribution in [2.45, 2.75) is 38.8 Å². The molecule has 0 radical (unpaired) electrons. The molecule has 1 atom stereocenters. The van der Waals surface area contributed by atoms with Crippen LogP contribution < -0.4 is 15.4 Å². The molecule has 1 unspecified atom stereocenters. The molecule has 0 spiro atoms. The van der Waals surface area contributed by atoms with Gasteiger partial charge in [0.1, 0.15) is 0 Å². The number of nitrogens with zero attached hydrogens (tertiary/aromatic N) is 3. The summed E-state index contributed by atoms with van der Waals surface area (Å²) in [5.74, 6) is 1.49. The van der Waals surface area contributed by atoms with E-state index >= 15 is 0 Å². The summed E-state index contributed by atoms with van der Waals surface area (Å²) in [4.78, 5) is 12.7. The van der Waals surface area contributed by atoms with Crippen LogP contribution in [0.15, 0.2) is 40.8 Å². The third-order valence-corrected chi connectivity index (χ3v) is 5.85. The van der Waals surface area contributed by atoms with Gasteiger partial charge in [-0.25, -0.2) is 4.98 Å². The molecule has 2 N–H and O–H groups in total. The second-order valence-corrected chi connectivity index (χ2v) is 7.88. The largest absolute Gasteiger partial charge is 0.477 e. The van der Waals surface area contributed by atoms with Gasteiger partial charge in [-0.3, -0.25) is 9.89 Å². The van der Waals surface area contributed by atoms with Gasteiger partial charge >= 0.3 is 0 Å². The maximum atomic E-state index is 5.75. The predicted molar refractivity (Wildman–Crippen MR) is 116 cm³/mol. The molecule has 1 fully saturated rings. The third kappa shape index (κ3) is 5.69. The van der Waals surface area contributed by atoms with Gasteiger partial charge in [0.25, 0.3) is 0 Å². The summed E-state index contributed by atoms with van der Waals surface area (Å²) in [5.41, 5.74) is 1.04. The van der Waals surface area contributed by atoms with E-state index in [4.69, 9.17) is 4.74 Å². The van der Waals surface area contributed by atoms with Crippen molar-refractivity contribution in [3.63, 3.8) is 0 Å². The van der Waals surface area contributed by atoms with Crippen molar-refractivity contribution in [1.29, 1.82) is 0 Å².